The topological polar surface area (TPSA) is 122 Å². The van der Waals surface area contributed by atoms with E-state index in [1.165, 1.54) is 18.2 Å². The highest BCUT2D eigenvalue weighted by Gasteiger charge is 2.34. The van der Waals surface area contributed by atoms with Crippen LogP contribution in [0.2, 0.25) is 0 Å². The van der Waals surface area contributed by atoms with Crippen molar-refractivity contribution in [1.82, 2.24) is 9.57 Å². The third kappa shape index (κ3) is 13.1. The molecular weight excluding hydrogens is 832 g/mol. The zero-order valence-corrected chi connectivity index (χ0v) is 39.4. The van der Waals surface area contributed by atoms with E-state index in [0.717, 1.165) is 50.4 Å². The molecule has 0 amide bonds. The summed E-state index contributed by atoms with van der Waals surface area (Å²) in [6.45, 7) is 12.7. The number of rotatable bonds is 23. The Labute approximate surface area is 377 Å². The predicted molar refractivity (Wildman–Crippen MR) is 249 cm³/mol. The summed E-state index contributed by atoms with van der Waals surface area (Å²) >= 11 is 0. The van der Waals surface area contributed by atoms with E-state index in [2.05, 4.69) is 69.0 Å². The van der Waals surface area contributed by atoms with Gasteiger partial charge >= 0.3 is 13.3 Å². The van der Waals surface area contributed by atoms with E-state index in [0.29, 0.717) is 74.3 Å². The number of nitrogens with zero attached hydrogens (tertiary/aromatic N) is 2. The van der Waals surface area contributed by atoms with Gasteiger partial charge in [-0.3, -0.25) is 9.46 Å². The summed E-state index contributed by atoms with van der Waals surface area (Å²) in [7, 11) is 2.80. The second-order valence-electron chi connectivity index (χ2n) is 16.3. The van der Waals surface area contributed by atoms with E-state index in [-0.39, 0.29) is 13.0 Å². The molecule has 0 aliphatic rings. The largest absolute Gasteiger partial charge is 0.519 e. The Kier molecular flexibility index (Phi) is 16.6. The highest BCUT2D eigenvalue weighted by Crippen LogP contribution is 2.52. The lowest BCUT2D eigenvalue weighted by Gasteiger charge is -2.31. The molecule has 0 radical (unpaired) electrons. The van der Waals surface area contributed by atoms with E-state index < -0.39 is 13.3 Å². The highest BCUT2D eigenvalue weighted by atomic mass is 31.2. The van der Waals surface area contributed by atoms with Crippen LogP contribution in [0.5, 0.6) is 28.7 Å². The van der Waals surface area contributed by atoms with Gasteiger partial charge in [0.1, 0.15) is 47.5 Å². The molecule has 0 saturated heterocycles. The number of ether oxygens (including phenoxy) is 5. The predicted octanol–water partition coefficient (Wildman–Crippen LogP) is 10.5. The first-order valence-electron chi connectivity index (χ1n) is 21.3. The van der Waals surface area contributed by atoms with Crippen molar-refractivity contribution in [2.75, 3.05) is 47.9 Å². The monoisotopic (exact) mass is 892 g/mol. The second-order valence-corrected chi connectivity index (χ2v) is 18.5. The fourth-order valence-corrected chi connectivity index (χ4v) is 9.95. The van der Waals surface area contributed by atoms with Crippen molar-refractivity contribution in [2.24, 2.45) is 0 Å². The van der Waals surface area contributed by atoms with Crippen LogP contribution in [0.15, 0.2) is 111 Å². The van der Waals surface area contributed by atoms with Crippen LogP contribution in [0.3, 0.4) is 0 Å². The fraction of sp³-hybridized carbons (Fsp3) is 0.353. The van der Waals surface area contributed by atoms with Gasteiger partial charge in [-0.1, -0.05) is 70.8 Å². The second kappa shape index (κ2) is 22.2. The molecule has 5 aromatic carbocycles. The van der Waals surface area contributed by atoms with Crippen LogP contribution in [0.4, 0.5) is 0 Å². The van der Waals surface area contributed by atoms with E-state index >= 15 is 4.57 Å². The number of aryl methyl sites for hydroxylation is 5. The van der Waals surface area contributed by atoms with Crippen molar-refractivity contribution in [2.45, 2.75) is 73.7 Å². The van der Waals surface area contributed by atoms with Crippen molar-refractivity contribution in [3.05, 3.63) is 169 Å². The van der Waals surface area contributed by atoms with Crippen molar-refractivity contribution < 1.29 is 41.6 Å². The molecule has 13 heteroatoms. The molecule has 0 spiro atoms. The lowest BCUT2D eigenvalue weighted by atomic mass is 10.1. The maximum Gasteiger partial charge on any atom is 0.519 e. The summed E-state index contributed by atoms with van der Waals surface area (Å²) in [5.74, 6) is 3.55. The Hall–Kier alpha value is -5.78. The molecule has 1 heterocycles. The zero-order chi connectivity index (χ0) is 45.8. The first-order chi connectivity index (χ1) is 30.8. The van der Waals surface area contributed by atoms with Gasteiger partial charge in [-0.2, -0.15) is 0 Å². The number of hydrogen-bond donors (Lipinski definition) is 0. The number of hydrogen-bond acceptors (Lipinski definition) is 11. The highest BCUT2D eigenvalue weighted by molar-refractivity contribution is 7.56. The van der Waals surface area contributed by atoms with Crippen LogP contribution >= 0.6 is 7.52 Å². The number of benzene rings is 5. The Bertz CT molecular complexity index is 2560. The van der Waals surface area contributed by atoms with Gasteiger partial charge in [0, 0.05) is 33.3 Å². The molecule has 0 bridgehead atoms. The van der Waals surface area contributed by atoms with Crippen LogP contribution in [-0.2, 0) is 48.4 Å². The SMILES string of the molecule is COCP(=O)(Oc1cccc(COc2ccc(OC)c(CCN(Cc3cc(C)cc(C)c3)Cc3oc(=O)oc3C)c2)c1)N(CCc1cc(OC)ccc1OC)Cc1cc(C)cc(C)c1. The van der Waals surface area contributed by atoms with Gasteiger partial charge in [-0.15, -0.1) is 0 Å². The van der Waals surface area contributed by atoms with Crippen molar-refractivity contribution >= 4 is 7.52 Å². The van der Waals surface area contributed by atoms with E-state index in [9.17, 15) is 4.79 Å². The van der Waals surface area contributed by atoms with Gasteiger partial charge in [0.15, 0.2) is 5.76 Å². The third-order valence-corrected chi connectivity index (χ3v) is 13.2. The first kappa shape index (κ1) is 47.7. The fourth-order valence-electron chi connectivity index (χ4n) is 8.06. The van der Waals surface area contributed by atoms with Crippen LogP contribution in [0.25, 0.3) is 0 Å². The summed E-state index contributed by atoms with van der Waals surface area (Å²) in [6, 6.07) is 31.8. The van der Waals surface area contributed by atoms with Gasteiger partial charge in [0.05, 0.1) is 27.9 Å². The van der Waals surface area contributed by atoms with E-state index in [4.69, 9.17) is 37.0 Å². The summed E-state index contributed by atoms with van der Waals surface area (Å²) in [4.78, 5) is 14.1. The maximum absolute atomic E-state index is 15.2. The molecule has 12 nitrogen and oxygen atoms in total. The van der Waals surface area contributed by atoms with Crippen molar-refractivity contribution in [3.63, 3.8) is 0 Å². The first-order valence-corrected chi connectivity index (χ1v) is 23.1. The normalized spacial score (nSPS) is 12.4. The Morgan fingerprint density at radius 2 is 1.17 bits per heavy atom. The number of methoxy groups -OCH3 is 4. The molecule has 0 fully saturated rings. The van der Waals surface area contributed by atoms with Crippen LogP contribution < -0.4 is 29.3 Å². The smallest absolute Gasteiger partial charge is 0.497 e. The van der Waals surface area contributed by atoms with E-state index in [1.54, 1.807) is 34.3 Å². The summed E-state index contributed by atoms with van der Waals surface area (Å²) in [5.41, 5.74) is 9.51. The van der Waals surface area contributed by atoms with Crippen LogP contribution in [0.1, 0.15) is 61.6 Å². The maximum atomic E-state index is 15.2. The van der Waals surface area contributed by atoms with Gasteiger partial charge in [-0.05, 0) is 124 Å². The molecule has 1 unspecified atom stereocenters. The Morgan fingerprint density at radius 1 is 0.578 bits per heavy atom. The zero-order valence-electron chi connectivity index (χ0n) is 38.5. The molecular formula is C51H61N2O10P. The molecule has 6 rings (SSSR count). The minimum Gasteiger partial charge on any atom is -0.497 e. The standard InChI is InChI=1S/C51H61N2O10P/c1-35-21-36(2)24-41(23-35)30-52(32-50-39(5)61-51(54)62-50)19-17-43-29-46(14-16-49(43)59-9)60-33-40-11-10-12-47(27-40)63-64(55,34-56-6)53(31-42-25-37(3)22-38(4)26-42)20-18-44-28-45(57-7)13-15-48(44)58-8/h10-16,21-29H,17-20,30-34H2,1-9H3. The summed E-state index contributed by atoms with van der Waals surface area (Å²) < 4.78 is 63.1. The van der Waals surface area contributed by atoms with E-state index in [1.807, 2.05) is 59.3 Å². The minimum absolute atomic E-state index is 0.124. The quantitative estimate of drug-likeness (QED) is 0.0569. The average Bonchev–Trinajstić information content (AvgIpc) is 3.57. The molecule has 1 aromatic heterocycles. The summed E-state index contributed by atoms with van der Waals surface area (Å²) in [5, 5.41) is 0. The molecule has 1 atom stereocenters. The average molecular weight is 893 g/mol. The van der Waals surface area contributed by atoms with Gasteiger partial charge in [0.25, 0.3) is 0 Å². The van der Waals surface area contributed by atoms with Crippen molar-refractivity contribution in [1.29, 1.82) is 0 Å². The summed E-state index contributed by atoms with van der Waals surface area (Å²) in [6.07, 6.45) is 1.03. The Balaban J connectivity index is 1.19. The minimum atomic E-state index is -3.65. The molecule has 0 saturated carbocycles. The molecule has 0 aliphatic heterocycles. The molecule has 0 aliphatic carbocycles. The molecule has 340 valence electrons. The molecule has 64 heavy (non-hydrogen) atoms. The molecule has 0 N–H and O–H groups in total. The molecule has 6 aromatic rings. The third-order valence-electron chi connectivity index (χ3n) is 10.9. The lowest BCUT2D eigenvalue weighted by Crippen LogP contribution is -2.27. The van der Waals surface area contributed by atoms with Crippen molar-refractivity contribution in [3.8, 4) is 28.7 Å². The van der Waals surface area contributed by atoms with Crippen LogP contribution in [0, 0.1) is 34.6 Å². The lowest BCUT2D eigenvalue weighted by molar-refractivity contribution is 0.219. The Morgan fingerprint density at radius 3 is 1.75 bits per heavy atom. The van der Waals surface area contributed by atoms with Gasteiger partial charge < -0.3 is 37.0 Å². The van der Waals surface area contributed by atoms with Gasteiger partial charge in [-0.25, -0.2) is 9.46 Å². The van der Waals surface area contributed by atoms with Crippen LogP contribution in [-0.4, -0.2) is 57.4 Å². The van der Waals surface area contributed by atoms with Gasteiger partial charge in [0.2, 0.25) is 0 Å².